The van der Waals surface area contributed by atoms with E-state index in [0.29, 0.717) is 21.7 Å². The smallest absolute Gasteiger partial charge is 0.220 e. The largest absolute Gasteiger partial charge is 0.437 e. The average Bonchev–Trinajstić information content (AvgIpc) is 2.34. The molecule has 17 heavy (non-hydrogen) atoms. The van der Waals surface area contributed by atoms with Gasteiger partial charge in [0.2, 0.25) is 5.88 Å². The fourth-order valence-corrected chi connectivity index (χ4v) is 1.52. The SMILES string of the molecule is N#Cc1cccc(Oc2cc(Cl)ccc2Cl)n1. The second-order valence-corrected chi connectivity index (χ2v) is 3.99. The molecule has 0 radical (unpaired) electrons. The van der Waals surface area contributed by atoms with E-state index in [-0.39, 0.29) is 5.69 Å². The number of rotatable bonds is 2. The van der Waals surface area contributed by atoms with Crippen LogP contribution in [0.4, 0.5) is 0 Å². The van der Waals surface area contributed by atoms with Crippen LogP contribution < -0.4 is 4.74 Å². The van der Waals surface area contributed by atoms with Gasteiger partial charge in [-0.05, 0) is 18.2 Å². The number of pyridine rings is 1. The van der Waals surface area contributed by atoms with Gasteiger partial charge in [0.1, 0.15) is 17.5 Å². The van der Waals surface area contributed by atoms with Gasteiger partial charge in [-0.25, -0.2) is 4.98 Å². The molecule has 0 aliphatic carbocycles. The molecule has 84 valence electrons. The van der Waals surface area contributed by atoms with E-state index in [0.717, 1.165) is 0 Å². The Morgan fingerprint density at radius 1 is 1.18 bits per heavy atom. The number of ether oxygens (including phenoxy) is 1. The number of hydrogen-bond donors (Lipinski definition) is 0. The van der Waals surface area contributed by atoms with Crippen molar-refractivity contribution < 1.29 is 4.74 Å². The normalized spacial score (nSPS) is 9.71. The maximum absolute atomic E-state index is 8.71. The van der Waals surface area contributed by atoms with E-state index in [9.17, 15) is 0 Å². The average molecular weight is 265 g/mol. The van der Waals surface area contributed by atoms with Crippen molar-refractivity contribution in [2.75, 3.05) is 0 Å². The van der Waals surface area contributed by atoms with E-state index in [2.05, 4.69) is 4.98 Å². The maximum atomic E-state index is 8.71. The molecule has 3 nitrogen and oxygen atoms in total. The number of benzene rings is 1. The lowest BCUT2D eigenvalue weighted by Crippen LogP contribution is -1.90. The van der Waals surface area contributed by atoms with Gasteiger partial charge in [0, 0.05) is 17.2 Å². The summed E-state index contributed by atoms with van der Waals surface area (Å²) in [6, 6.07) is 11.7. The number of nitrogens with zero attached hydrogens (tertiary/aromatic N) is 2. The van der Waals surface area contributed by atoms with E-state index < -0.39 is 0 Å². The molecule has 0 amide bonds. The summed E-state index contributed by atoms with van der Waals surface area (Å²) in [6.07, 6.45) is 0. The van der Waals surface area contributed by atoms with Crippen LogP contribution in [0.1, 0.15) is 5.69 Å². The van der Waals surface area contributed by atoms with Crippen molar-refractivity contribution in [3.05, 3.63) is 52.1 Å². The van der Waals surface area contributed by atoms with Gasteiger partial charge in [0.05, 0.1) is 5.02 Å². The lowest BCUT2D eigenvalue weighted by Gasteiger charge is -2.06. The molecule has 2 rings (SSSR count). The van der Waals surface area contributed by atoms with E-state index >= 15 is 0 Å². The van der Waals surface area contributed by atoms with Crippen molar-refractivity contribution in [3.63, 3.8) is 0 Å². The molecule has 1 aromatic carbocycles. The minimum atomic E-state index is 0.278. The van der Waals surface area contributed by atoms with E-state index in [1.165, 1.54) is 0 Å². The first kappa shape index (κ1) is 11.7. The minimum absolute atomic E-state index is 0.278. The third-order valence-corrected chi connectivity index (χ3v) is 2.49. The standard InChI is InChI=1S/C12H6Cl2N2O/c13-8-4-5-10(14)11(6-8)17-12-3-1-2-9(7-15)16-12/h1-6H. The summed E-state index contributed by atoms with van der Waals surface area (Å²) in [7, 11) is 0. The zero-order chi connectivity index (χ0) is 12.3. The van der Waals surface area contributed by atoms with Gasteiger partial charge in [-0.3, -0.25) is 0 Å². The van der Waals surface area contributed by atoms with Gasteiger partial charge < -0.3 is 4.74 Å². The van der Waals surface area contributed by atoms with Crippen LogP contribution in [0.5, 0.6) is 11.6 Å². The summed E-state index contributed by atoms with van der Waals surface area (Å²) in [6.45, 7) is 0. The zero-order valence-corrected chi connectivity index (χ0v) is 10.0. The molecule has 2 aromatic rings. The highest BCUT2D eigenvalue weighted by molar-refractivity contribution is 6.34. The summed E-state index contributed by atoms with van der Waals surface area (Å²) < 4.78 is 5.45. The number of aromatic nitrogens is 1. The Morgan fingerprint density at radius 3 is 2.76 bits per heavy atom. The van der Waals surface area contributed by atoms with E-state index in [4.69, 9.17) is 33.2 Å². The van der Waals surface area contributed by atoms with Crippen LogP contribution in [-0.4, -0.2) is 4.98 Å². The van der Waals surface area contributed by atoms with Gasteiger partial charge in [0.25, 0.3) is 0 Å². The first-order chi connectivity index (χ1) is 8.19. The van der Waals surface area contributed by atoms with Crippen LogP contribution in [0.3, 0.4) is 0 Å². The lowest BCUT2D eigenvalue weighted by molar-refractivity contribution is 0.462. The second kappa shape index (κ2) is 5.05. The Balaban J connectivity index is 2.31. The molecule has 0 atom stereocenters. The number of hydrogen-bond acceptors (Lipinski definition) is 3. The Labute approximate surface area is 108 Å². The highest BCUT2D eigenvalue weighted by Crippen LogP contribution is 2.30. The van der Waals surface area contributed by atoms with Gasteiger partial charge in [-0.1, -0.05) is 29.3 Å². The molecular weight excluding hydrogens is 259 g/mol. The zero-order valence-electron chi connectivity index (χ0n) is 8.52. The molecule has 0 N–H and O–H groups in total. The fourth-order valence-electron chi connectivity index (χ4n) is 1.20. The topological polar surface area (TPSA) is 45.9 Å². The van der Waals surface area contributed by atoms with Crippen LogP contribution in [0.15, 0.2) is 36.4 Å². The van der Waals surface area contributed by atoms with Gasteiger partial charge in [-0.15, -0.1) is 0 Å². The molecule has 0 saturated heterocycles. The van der Waals surface area contributed by atoms with Crippen LogP contribution in [0.2, 0.25) is 10.0 Å². The molecule has 1 aromatic heterocycles. The minimum Gasteiger partial charge on any atom is -0.437 e. The predicted molar refractivity (Wildman–Crippen MR) is 65.5 cm³/mol. The molecule has 0 bridgehead atoms. The second-order valence-electron chi connectivity index (χ2n) is 3.15. The van der Waals surface area contributed by atoms with Gasteiger partial charge in [-0.2, -0.15) is 5.26 Å². The number of halogens is 2. The molecule has 0 aliphatic heterocycles. The van der Waals surface area contributed by atoms with Crippen LogP contribution in [0, 0.1) is 11.3 Å². The Bertz CT molecular complexity index is 593. The molecule has 0 unspecified atom stereocenters. The fraction of sp³-hybridized carbons (Fsp3) is 0. The van der Waals surface area contributed by atoms with Crippen molar-refractivity contribution in [3.8, 4) is 17.7 Å². The number of nitriles is 1. The summed E-state index contributed by atoms with van der Waals surface area (Å²) >= 11 is 11.8. The molecule has 0 saturated carbocycles. The van der Waals surface area contributed by atoms with Crippen molar-refractivity contribution in [2.24, 2.45) is 0 Å². The summed E-state index contributed by atoms with van der Waals surface area (Å²) in [5.74, 6) is 0.704. The quantitative estimate of drug-likeness (QED) is 0.822. The maximum Gasteiger partial charge on any atom is 0.220 e. The Morgan fingerprint density at radius 2 is 2.00 bits per heavy atom. The Hall–Kier alpha value is -1.76. The Kier molecular flexibility index (Phi) is 3.48. The third-order valence-electron chi connectivity index (χ3n) is 1.95. The third kappa shape index (κ3) is 2.88. The van der Waals surface area contributed by atoms with Gasteiger partial charge in [0.15, 0.2) is 0 Å². The molecule has 0 spiro atoms. The molecular formula is C12H6Cl2N2O. The first-order valence-electron chi connectivity index (χ1n) is 4.69. The van der Waals surface area contributed by atoms with Crippen molar-refractivity contribution in [2.45, 2.75) is 0 Å². The van der Waals surface area contributed by atoms with E-state index in [1.807, 2.05) is 6.07 Å². The van der Waals surface area contributed by atoms with Crippen molar-refractivity contribution in [1.82, 2.24) is 4.98 Å². The van der Waals surface area contributed by atoms with Crippen LogP contribution >= 0.6 is 23.2 Å². The van der Waals surface area contributed by atoms with Gasteiger partial charge >= 0.3 is 0 Å². The summed E-state index contributed by atoms with van der Waals surface area (Å²) in [4.78, 5) is 3.97. The van der Waals surface area contributed by atoms with Crippen LogP contribution in [-0.2, 0) is 0 Å². The summed E-state index contributed by atoms with van der Waals surface area (Å²) in [5.41, 5.74) is 0.278. The van der Waals surface area contributed by atoms with Crippen LogP contribution in [0.25, 0.3) is 0 Å². The van der Waals surface area contributed by atoms with Crippen molar-refractivity contribution in [1.29, 1.82) is 5.26 Å². The van der Waals surface area contributed by atoms with E-state index in [1.54, 1.807) is 36.4 Å². The lowest BCUT2D eigenvalue weighted by atomic mass is 10.3. The summed E-state index contributed by atoms with van der Waals surface area (Å²) in [5, 5.41) is 9.66. The molecule has 1 heterocycles. The first-order valence-corrected chi connectivity index (χ1v) is 5.45. The highest BCUT2D eigenvalue weighted by Gasteiger charge is 2.05. The molecule has 5 heteroatoms. The highest BCUT2D eigenvalue weighted by atomic mass is 35.5. The molecule has 0 aliphatic rings. The monoisotopic (exact) mass is 264 g/mol. The van der Waals surface area contributed by atoms with Crippen molar-refractivity contribution >= 4 is 23.2 Å². The molecule has 0 fully saturated rings. The predicted octanol–water partition coefficient (Wildman–Crippen LogP) is 4.05.